The van der Waals surface area contributed by atoms with Gasteiger partial charge in [-0.3, -0.25) is 9.59 Å². The maximum atomic E-state index is 13.0. The second-order valence-electron chi connectivity index (χ2n) is 7.73. The van der Waals surface area contributed by atoms with Crippen molar-refractivity contribution in [2.75, 3.05) is 53.0 Å². The van der Waals surface area contributed by atoms with E-state index < -0.39 is 0 Å². The summed E-state index contributed by atoms with van der Waals surface area (Å²) in [6.45, 7) is 5.17. The molecule has 0 radical (unpaired) electrons. The summed E-state index contributed by atoms with van der Waals surface area (Å²) in [6, 6.07) is 7.63. The van der Waals surface area contributed by atoms with E-state index in [2.05, 4.69) is 11.9 Å². The summed E-state index contributed by atoms with van der Waals surface area (Å²) in [5.41, 5.74) is 1.31. The van der Waals surface area contributed by atoms with Crippen LogP contribution in [-0.4, -0.2) is 85.5 Å². The summed E-state index contributed by atoms with van der Waals surface area (Å²) >= 11 is 0. The van der Waals surface area contributed by atoms with Crippen molar-refractivity contribution in [3.05, 3.63) is 35.4 Å². The molecule has 26 heavy (non-hydrogen) atoms. The van der Waals surface area contributed by atoms with Crippen molar-refractivity contribution in [3.8, 4) is 0 Å². The smallest absolute Gasteiger partial charge is 0.254 e. The zero-order chi connectivity index (χ0) is 18.1. The second kappa shape index (κ2) is 7.37. The fourth-order valence-electron chi connectivity index (χ4n) is 4.37. The van der Waals surface area contributed by atoms with Crippen LogP contribution >= 0.6 is 0 Å². The van der Waals surface area contributed by atoms with Gasteiger partial charge in [0.15, 0.2) is 0 Å². The first-order chi connectivity index (χ1) is 12.6. The number of carbonyl (C=O) groups excluding carboxylic acids is 2. The molecule has 0 aliphatic carbocycles. The quantitative estimate of drug-likeness (QED) is 0.801. The molecular weight excluding hydrogens is 330 g/mol. The van der Waals surface area contributed by atoms with E-state index in [-0.39, 0.29) is 11.8 Å². The second-order valence-corrected chi connectivity index (χ2v) is 7.73. The molecule has 4 heterocycles. The molecule has 1 aromatic rings. The lowest BCUT2D eigenvalue weighted by atomic mass is 9.96. The van der Waals surface area contributed by atoms with Crippen molar-refractivity contribution in [3.63, 3.8) is 0 Å². The van der Waals surface area contributed by atoms with E-state index in [0.29, 0.717) is 49.4 Å². The van der Waals surface area contributed by atoms with Crippen LogP contribution in [0.15, 0.2) is 24.3 Å². The number of hydrogen-bond acceptors (Lipinski definition) is 4. The lowest BCUT2D eigenvalue weighted by molar-refractivity contribution is 0.0303. The van der Waals surface area contributed by atoms with Crippen LogP contribution in [0.25, 0.3) is 0 Å². The van der Waals surface area contributed by atoms with E-state index in [1.54, 1.807) is 24.3 Å². The number of carbonyl (C=O) groups is 2. The molecule has 2 atom stereocenters. The minimum Gasteiger partial charge on any atom is -0.378 e. The van der Waals surface area contributed by atoms with Crippen LogP contribution in [0.5, 0.6) is 0 Å². The van der Waals surface area contributed by atoms with Gasteiger partial charge in [0.05, 0.1) is 13.2 Å². The Balaban J connectivity index is 1.44. The molecule has 4 aliphatic rings. The van der Waals surface area contributed by atoms with Crippen LogP contribution in [0.4, 0.5) is 0 Å². The van der Waals surface area contributed by atoms with Crippen molar-refractivity contribution in [2.45, 2.75) is 18.9 Å². The predicted molar refractivity (Wildman–Crippen MR) is 98.2 cm³/mol. The Kier molecular flexibility index (Phi) is 4.96. The van der Waals surface area contributed by atoms with Crippen LogP contribution in [0.2, 0.25) is 0 Å². The summed E-state index contributed by atoms with van der Waals surface area (Å²) < 4.78 is 5.30. The van der Waals surface area contributed by atoms with E-state index in [9.17, 15) is 9.59 Å². The Morgan fingerprint density at radius 2 is 1.50 bits per heavy atom. The minimum absolute atomic E-state index is 0.0155. The first kappa shape index (κ1) is 17.5. The lowest BCUT2D eigenvalue weighted by Gasteiger charge is -2.32. The molecule has 0 N–H and O–H groups in total. The Labute approximate surface area is 154 Å². The molecule has 0 unspecified atom stereocenters. The van der Waals surface area contributed by atoms with Gasteiger partial charge in [-0.1, -0.05) is 0 Å². The molecule has 6 heteroatoms. The molecule has 0 aromatic heterocycles. The number of fused-ring (bicyclic) bond motifs is 4. The fraction of sp³-hybridized carbons (Fsp3) is 0.600. The van der Waals surface area contributed by atoms with E-state index in [0.717, 1.165) is 19.6 Å². The van der Waals surface area contributed by atoms with Crippen LogP contribution in [0.3, 0.4) is 0 Å². The Morgan fingerprint density at radius 3 is 2.12 bits per heavy atom. The van der Waals surface area contributed by atoms with Gasteiger partial charge in [-0.2, -0.15) is 0 Å². The van der Waals surface area contributed by atoms with Crippen molar-refractivity contribution in [2.24, 2.45) is 5.92 Å². The lowest BCUT2D eigenvalue weighted by Crippen LogP contribution is -2.42. The molecular formula is C20H27N3O3. The molecule has 4 saturated heterocycles. The third-order valence-corrected chi connectivity index (χ3v) is 5.95. The molecule has 4 aliphatic heterocycles. The highest BCUT2D eigenvalue weighted by atomic mass is 16.5. The fourth-order valence-corrected chi connectivity index (χ4v) is 4.37. The zero-order valence-corrected chi connectivity index (χ0v) is 15.4. The predicted octanol–water partition coefficient (Wildman–Crippen LogP) is 1.33. The Bertz CT molecular complexity index is 669. The van der Waals surface area contributed by atoms with E-state index in [4.69, 9.17) is 4.74 Å². The first-order valence-electron chi connectivity index (χ1n) is 9.58. The van der Waals surface area contributed by atoms with Crippen molar-refractivity contribution in [1.82, 2.24) is 14.7 Å². The summed E-state index contributed by atoms with van der Waals surface area (Å²) in [4.78, 5) is 31.7. The Hall–Kier alpha value is -1.92. The Morgan fingerprint density at radius 1 is 0.885 bits per heavy atom. The number of piperidine rings is 1. The van der Waals surface area contributed by atoms with Gasteiger partial charge >= 0.3 is 0 Å². The summed E-state index contributed by atoms with van der Waals surface area (Å²) in [7, 11) is 2.16. The first-order valence-corrected chi connectivity index (χ1v) is 9.58. The van der Waals surface area contributed by atoms with Crippen LogP contribution in [-0.2, 0) is 4.74 Å². The number of rotatable bonds is 2. The average Bonchev–Trinajstić information content (AvgIpc) is 2.99. The molecule has 5 rings (SSSR count). The zero-order valence-electron chi connectivity index (χ0n) is 15.4. The summed E-state index contributed by atoms with van der Waals surface area (Å²) in [5.74, 6) is 0.675. The van der Waals surface area contributed by atoms with Gasteiger partial charge in [-0.05, 0) is 50.1 Å². The van der Waals surface area contributed by atoms with Gasteiger partial charge < -0.3 is 19.4 Å². The highest BCUT2D eigenvalue weighted by Crippen LogP contribution is 2.27. The van der Waals surface area contributed by atoms with E-state index >= 15 is 0 Å². The standard InChI is InChI=1S/C20H27N3O3/c1-21-12-15-2-7-18(21)14-23(13-15)20(25)17-5-3-16(4-6-17)19(24)22-8-10-26-11-9-22/h3-6,15,18H,2,7-14H2,1H3/t15-,18-/m1/s1. The van der Waals surface area contributed by atoms with Crippen molar-refractivity contribution < 1.29 is 14.3 Å². The summed E-state index contributed by atoms with van der Waals surface area (Å²) in [5, 5.41) is 0. The van der Waals surface area contributed by atoms with E-state index in [1.807, 2.05) is 9.80 Å². The van der Waals surface area contributed by atoms with Crippen LogP contribution in [0.1, 0.15) is 33.6 Å². The molecule has 2 amide bonds. The van der Waals surface area contributed by atoms with Gasteiger partial charge in [-0.25, -0.2) is 0 Å². The van der Waals surface area contributed by atoms with Crippen molar-refractivity contribution in [1.29, 1.82) is 0 Å². The summed E-state index contributed by atoms with van der Waals surface area (Å²) in [6.07, 6.45) is 2.39. The molecule has 1 aromatic carbocycles. The largest absolute Gasteiger partial charge is 0.378 e. The number of benzene rings is 1. The number of amides is 2. The van der Waals surface area contributed by atoms with Gasteiger partial charge in [0.1, 0.15) is 0 Å². The normalized spacial score (nSPS) is 26.7. The molecule has 140 valence electrons. The third kappa shape index (κ3) is 3.48. The van der Waals surface area contributed by atoms with Gasteiger partial charge in [0.2, 0.25) is 0 Å². The number of morpholine rings is 1. The number of nitrogens with zero attached hydrogens (tertiary/aromatic N) is 3. The van der Waals surface area contributed by atoms with E-state index in [1.165, 1.54) is 12.8 Å². The topological polar surface area (TPSA) is 53.1 Å². The molecule has 0 spiro atoms. The number of hydrogen-bond donors (Lipinski definition) is 0. The number of ether oxygens (including phenoxy) is 1. The molecule has 0 saturated carbocycles. The van der Waals surface area contributed by atoms with Crippen molar-refractivity contribution >= 4 is 11.8 Å². The van der Waals surface area contributed by atoms with Gasteiger partial charge in [-0.15, -0.1) is 0 Å². The van der Waals surface area contributed by atoms with Gasteiger partial charge in [0.25, 0.3) is 11.8 Å². The number of likely N-dealkylation sites (N-methyl/N-ethyl adjacent to an activating group) is 1. The van der Waals surface area contributed by atoms with Crippen LogP contribution < -0.4 is 0 Å². The third-order valence-electron chi connectivity index (χ3n) is 5.95. The van der Waals surface area contributed by atoms with Crippen LogP contribution in [0, 0.1) is 5.92 Å². The SMILES string of the molecule is CN1C[C@H]2CC[C@@H]1CN(C(=O)c1ccc(C(=O)N3CCOCC3)cc1)C2. The highest BCUT2D eigenvalue weighted by Gasteiger charge is 2.34. The minimum atomic E-state index is 0.0155. The highest BCUT2D eigenvalue weighted by molar-refractivity contribution is 5.98. The maximum absolute atomic E-state index is 13.0. The molecule has 4 fully saturated rings. The molecule has 2 bridgehead atoms. The average molecular weight is 357 g/mol. The monoisotopic (exact) mass is 357 g/mol. The molecule has 6 nitrogen and oxygen atoms in total. The van der Waals surface area contributed by atoms with Gasteiger partial charge in [0, 0.05) is 49.9 Å². The maximum Gasteiger partial charge on any atom is 0.254 e.